The van der Waals surface area contributed by atoms with Crippen molar-refractivity contribution in [1.29, 1.82) is 0 Å². The van der Waals surface area contributed by atoms with Gasteiger partial charge in [-0.2, -0.15) is 0 Å². The number of nitrogens with zero attached hydrogens (tertiary/aromatic N) is 2. The molecule has 1 amide bonds. The molecule has 0 spiro atoms. The van der Waals surface area contributed by atoms with Gasteiger partial charge >= 0.3 is 5.97 Å². The third kappa shape index (κ3) is 12.5. The Labute approximate surface area is 299 Å². The highest BCUT2D eigenvalue weighted by molar-refractivity contribution is 5.96. The molecule has 8 nitrogen and oxygen atoms in total. The van der Waals surface area contributed by atoms with E-state index in [0.717, 1.165) is 30.9 Å². The number of carbonyl (C=O) groups excluding carboxylic acids is 2. The molecule has 0 aliphatic rings. The van der Waals surface area contributed by atoms with E-state index in [1.807, 2.05) is 26.0 Å². The lowest BCUT2D eigenvalue weighted by Crippen LogP contribution is -2.46. The number of aryl methyl sites for hydroxylation is 1. The Morgan fingerprint density at radius 3 is 2.24 bits per heavy atom. The first-order valence-electron chi connectivity index (χ1n) is 16.2. The molecule has 0 unspecified atom stereocenters. The summed E-state index contributed by atoms with van der Waals surface area (Å²) in [7, 11) is 0. The van der Waals surface area contributed by atoms with Crippen molar-refractivity contribution < 1.29 is 27.5 Å². The van der Waals surface area contributed by atoms with Gasteiger partial charge in [-0.15, -0.1) is 24.8 Å². The maximum atomic E-state index is 13.9. The fourth-order valence-electron chi connectivity index (χ4n) is 5.55. The normalized spacial score (nSPS) is 12.0. The van der Waals surface area contributed by atoms with E-state index in [-0.39, 0.29) is 50.1 Å². The van der Waals surface area contributed by atoms with Crippen molar-refractivity contribution >= 4 is 36.7 Å². The van der Waals surface area contributed by atoms with Crippen LogP contribution in [-0.4, -0.2) is 53.5 Å². The van der Waals surface area contributed by atoms with Gasteiger partial charge in [-0.3, -0.25) is 9.59 Å². The molecule has 3 N–H and O–H groups in total. The molecule has 0 fully saturated rings. The lowest BCUT2D eigenvalue weighted by atomic mass is 10.0. The molecule has 0 saturated heterocycles. The van der Waals surface area contributed by atoms with Crippen molar-refractivity contribution in [3.05, 3.63) is 113 Å². The summed E-state index contributed by atoms with van der Waals surface area (Å²) in [5.74, 6) is -1.79. The summed E-state index contributed by atoms with van der Waals surface area (Å²) in [5, 5.41) is 3.32. The fourth-order valence-corrected chi connectivity index (χ4v) is 5.55. The number of amides is 1. The maximum Gasteiger partial charge on any atom is 0.310 e. The Morgan fingerprint density at radius 2 is 1.61 bits per heavy atom. The van der Waals surface area contributed by atoms with Gasteiger partial charge in [0.1, 0.15) is 24.0 Å². The van der Waals surface area contributed by atoms with Crippen LogP contribution in [0, 0.1) is 11.6 Å². The average molecular weight is 720 g/mol. The molecule has 0 radical (unpaired) electrons. The van der Waals surface area contributed by atoms with Crippen LogP contribution in [0.25, 0.3) is 11.5 Å². The van der Waals surface area contributed by atoms with E-state index in [1.54, 1.807) is 23.1 Å². The smallest absolute Gasteiger partial charge is 0.310 e. The first kappa shape index (κ1) is 41.3. The second-order valence-corrected chi connectivity index (χ2v) is 11.7. The number of hydrogen-bond acceptors (Lipinski definition) is 7. The number of oxazole rings is 1. The first-order valence-corrected chi connectivity index (χ1v) is 16.2. The van der Waals surface area contributed by atoms with E-state index in [2.05, 4.69) is 29.4 Å². The van der Waals surface area contributed by atoms with Crippen LogP contribution >= 0.6 is 24.8 Å². The van der Waals surface area contributed by atoms with Crippen molar-refractivity contribution in [2.45, 2.75) is 71.6 Å². The molecule has 0 saturated carbocycles. The Morgan fingerprint density at radius 1 is 0.918 bits per heavy atom. The van der Waals surface area contributed by atoms with Crippen LogP contribution < -0.4 is 11.1 Å². The van der Waals surface area contributed by atoms with Crippen LogP contribution in [0.1, 0.15) is 66.2 Å². The largest absolute Gasteiger partial charge is 0.459 e. The summed E-state index contributed by atoms with van der Waals surface area (Å²) in [5.41, 5.74) is 10.7. The zero-order valence-electron chi connectivity index (χ0n) is 28.1. The first-order chi connectivity index (χ1) is 22.7. The zero-order chi connectivity index (χ0) is 33.8. The lowest BCUT2D eigenvalue weighted by molar-refractivity contribution is -0.149. The highest BCUT2D eigenvalue weighted by Gasteiger charge is 2.24. The van der Waals surface area contributed by atoms with Gasteiger partial charge in [0.25, 0.3) is 5.91 Å². The molecule has 4 aromatic rings. The Bertz CT molecular complexity index is 1600. The van der Waals surface area contributed by atoms with Gasteiger partial charge in [-0.05, 0) is 78.3 Å². The average Bonchev–Trinajstić information content (AvgIpc) is 3.59. The molecule has 0 bridgehead atoms. The summed E-state index contributed by atoms with van der Waals surface area (Å²) in [6.07, 6.45) is 4.61. The minimum Gasteiger partial charge on any atom is -0.459 e. The summed E-state index contributed by atoms with van der Waals surface area (Å²) < 4.78 is 39.3. The minimum absolute atomic E-state index is 0. The molecule has 0 aliphatic carbocycles. The number of nitrogens with two attached hydrogens (primary N) is 1. The number of aromatic nitrogens is 1. The molecule has 0 aliphatic heterocycles. The Hall–Kier alpha value is -3.83. The Balaban J connectivity index is 0.00000417. The molecule has 266 valence electrons. The number of nitrogens with one attached hydrogen (secondary N) is 1. The molecule has 4 rings (SSSR count). The lowest BCUT2D eigenvalue weighted by Gasteiger charge is -2.25. The maximum absolute atomic E-state index is 13.9. The van der Waals surface area contributed by atoms with Crippen molar-refractivity contribution in [1.82, 2.24) is 15.2 Å². The second-order valence-electron chi connectivity index (χ2n) is 11.7. The second kappa shape index (κ2) is 20.6. The van der Waals surface area contributed by atoms with Gasteiger partial charge < -0.3 is 25.1 Å². The van der Waals surface area contributed by atoms with Crippen LogP contribution in [-0.2, 0) is 35.3 Å². The molecule has 49 heavy (non-hydrogen) atoms. The van der Waals surface area contributed by atoms with Crippen molar-refractivity contribution in [2.75, 3.05) is 19.6 Å². The minimum atomic E-state index is -0.816. The van der Waals surface area contributed by atoms with Crippen LogP contribution in [0.2, 0.25) is 0 Å². The van der Waals surface area contributed by atoms with Gasteiger partial charge in [0, 0.05) is 49.4 Å². The molecular formula is C37H46Cl2F2N4O4. The molecule has 3 aromatic carbocycles. The van der Waals surface area contributed by atoms with Gasteiger partial charge in [-0.1, -0.05) is 45.0 Å². The number of benzene rings is 3. The third-order valence-corrected chi connectivity index (χ3v) is 7.77. The number of ether oxygens (including phenoxy) is 1. The van der Waals surface area contributed by atoms with Crippen molar-refractivity contribution in [2.24, 2.45) is 5.73 Å². The molecule has 1 heterocycles. The monoisotopic (exact) mass is 718 g/mol. The van der Waals surface area contributed by atoms with Crippen molar-refractivity contribution in [3.63, 3.8) is 0 Å². The van der Waals surface area contributed by atoms with Crippen LogP contribution in [0.5, 0.6) is 0 Å². The fraction of sp³-hybridized carbons (Fsp3) is 0.378. The molecular weight excluding hydrogens is 673 g/mol. The van der Waals surface area contributed by atoms with E-state index in [9.17, 15) is 18.4 Å². The number of hydrogen-bond donors (Lipinski definition) is 2. The SMILES string of the molecule is CCCN(CCC)C(=O)c1cc(CC(=O)O[C@H](CNCc2cccc(CC)c2)[C@@H](N)Cc2cc(F)cc(F)c2)cc(-c2ncco2)c1.Cl.Cl. The third-order valence-electron chi connectivity index (χ3n) is 7.77. The van der Waals surface area contributed by atoms with Crippen LogP contribution in [0.3, 0.4) is 0 Å². The highest BCUT2D eigenvalue weighted by Crippen LogP contribution is 2.23. The predicted molar refractivity (Wildman–Crippen MR) is 192 cm³/mol. The highest BCUT2D eigenvalue weighted by atomic mass is 35.5. The summed E-state index contributed by atoms with van der Waals surface area (Å²) in [6, 6.07) is 15.8. The van der Waals surface area contributed by atoms with Gasteiger partial charge in [0.15, 0.2) is 0 Å². The predicted octanol–water partition coefficient (Wildman–Crippen LogP) is 7.10. The number of esters is 1. The van der Waals surface area contributed by atoms with E-state index in [0.29, 0.717) is 47.8 Å². The number of carbonyl (C=O) groups is 2. The quantitative estimate of drug-likeness (QED) is 0.112. The topological polar surface area (TPSA) is 111 Å². The van der Waals surface area contributed by atoms with Crippen molar-refractivity contribution in [3.8, 4) is 11.5 Å². The number of rotatable bonds is 17. The summed E-state index contributed by atoms with van der Waals surface area (Å²) in [4.78, 5) is 33.0. The van der Waals surface area contributed by atoms with E-state index >= 15 is 0 Å². The molecule has 1 aromatic heterocycles. The zero-order valence-corrected chi connectivity index (χ0v) is 29.8. The van der Waals surface area contributed by atoms with Crippen LogP contribution in [0.4, 0.5) is 8.78 Å². The van der Waals surface area contributed by atoms with E-state index in [4.69, 9.17) is 14.9 Å². The summed E-state index contributed by atoms with van der Waals surface area (Å²) >= 11 is 0. The van der Waals surface area contributed by atoms with E-state index < -0.39 is 29.7 Å². The number of halogens is 4. The molecule has 2 atom stereocenters. The standard InChI is InChI=1S/C37H44F2N4O4.2ClH/c1-4-11-43(12-5-2)37(45)30-16-27(15-29(21-30)36-42-10-13-46-36)20-35(44)47-34(24-41-23-26-9-7-8-25(6-3)14-26)33(40)19-28-17-31(38)22-32(39)18-28;;/h7-10,13-18,21-22,33-34,41H,4-6,11-12,19-20,23-24,40H2,1-3H3;2*1H/t33-,34+;;/m0../s1. The van der Waals surface area contributed by atoms with Gasteiger partial charge in [0.2, 0.25) is 5.89 Å². The summed E-state index contributed by atoms with van der Waals surface area (Å²) in [6.45, 7) is 8.06. The molecule has 12 heteroatoms. The van der Waals surface area contributed by atoms with Gasteiger partial charge in [-0.25, -0.2) is 13.8 Å². The Kier molecular flexibility index (Phi) is 17.4. The van der Waals surface area contributed by atoms with Crippen LogP contribution in [0.15, 0.2) is 77.5 Å². The van der Waals surface area contributed by atoms with E-state index in [1.165, 1.54) is 30.2 Å². The van der Waals surface area contributed by atoms with Gasteiger partial charge in [0.05, 0.1) is 12.6 Å².